The van der Waals surface area contributed by atoms with Gasteiger partial charge in [0.2, 0.25) is 11.2 Å². The van der Waals surface area contributed by atoms with Crippen molar-refractivity contribution in [2.45, 2.75) is 50.2 Å². The molecule has 1 atom stereocenters. The van der Waals surface area contributed by atoms with Crippen LogP contribution in [0.4, 0.5) is 11.4 Å². The van der Waals surface area contributed by atoms with Gasteiger partial charge >= 0.3 is 5.97 Å². The number of likely N-dealkylation sites (tertiary alicyclic amines) is 1. The second kappa shape index (κ2) is 14.7. The highest BCUT2D eigenvalue weighted by Crippen LogP contribution is 2.46. The van der Waals surface area contributed by atoms with Crippen molar-refractivity contribution in [3.63, 3.8) is 0 Å². The highest BCUT2D eigenvalue weighted by Gasteiger charge is 2.45. The largest absolute Gasteiger partial charge is 0.506 e. The zero-order chi connectivity index (χ0) is 37.7. The van der Waals surface area contributed by atoms with Gasteiger partial charge in [0.25, 0.3) is 0 Å². The number of esters is 1. The van der Waals surface area contributed by atoms with Gasteiger partial charge < -0.3 is 45.1 Å². The third-order valence-corrected chi connectivity index (χ3v) is 13.0. The monoisotopic (exact) mass is 782 g/mol. The van der Waals surface area contributed by atoms with E-state index >= 15 is 0 Å². The van der Waals surface area contributed by atoms with Crippen LogP contribution >= 0.6 is 22.7 Å². The number of aryl methyl sites for hydroxylation is 1. The summed E-state index contributed by atoms with van der Waals surface area (Å²) in [7, 11) is 0. The molecule has 0 saturated carbocycles. The number of aromatic amines is 1. The summed E-state index contributed by atoms with van der Waals surface area (Å²) in [5.74, 6) is -0.649. The van der Waals surface area contributed by atoms with Crippen molar-refractivity contribution in [3.8, 4) is 5.75 Å². The number of hydrogen-bond acceptors (Lipinski definition) is 14. The second-order valence-electron chi connectivity index (χ2n) is 14.5. The molecule has 2 aromatic carbocycles. The Morgan fingerprint density at radius 3 is 2.47 bits per heavy atom. The Bertz CT molecular complexity index is 2350. The molecule has 286 valence electrons. The van der Waals surface area contributed by atoms with Crippen molar-refractivity contribution in [1.82, 2.24) is 30.2 Å². The van der Waals surface area contributed by atoms with Crippen LogP contribution in [0.3, 0.4) is 0 Å². The van der Waals surface area contributed by atoms with E-state index in [1.165, 1.54) is 40.5 Å². The normalized spacial score (nSPS) is 16.8. The number of aromatic nitrogens is 4. The molecule has 16 heteroatoms. The van der Waals surface area contributed by atoms with Crippen LogP contribution in [-0.2, 0) is 28.2 Å². The van der Waals surface area contributed by atoms with E-state index in [1.54, 1.807) is 24.3 Å². The Morgan fingerprint density at radius 1 is 1.00 bits per heavy atom. The predicted molar refractivity (Wildman–Crippen MR) is 212 cm³/mol. The van der Waals surface area contributed by atoms with Crippen LogP contribution < -0.4 is 20.7 Å². The number of H-pyrrole nitrogens is 1. The molecule has 5 N–H and O–H groups in total. The molecule has 0 amide bonds. The van der Waals surface area contributed by atoms with Gasteiger partial charge in [-0.25, -0.2) is 9.48 Å². The van der Waals surface area contributed by atoms with E-state index in [4.69, 9.17) is 4.74 Å². The van der Waals surface area contributed by atoms with E-state index < -0.39 is 17.7 Å². The fraction of sp³-hybridized carbons (Fsp3) is 0.385. The topological polar surface area (TPSA) is 172 Å². The first-order chi connectivity index (χ1) is 26.8. The molecule has 4 aromatic heterocycles. The molecule has 9 rings (SSSR count). The number of pyridine rings is 1. The third kappa shape index (κ3) is 6.55. The van der Waals surface area contributed by atoms with Gasteiger partial charge in [0.1, 0.15) is 22.9 Å². The summed E-state index contributed by atoms with van der Waals surface area (Å²) < 4.78 is 7.98. The molecule has 0 unspecified atom stereocenters. The SMILES string of the molecule is O=C(OC1CCN(CCCn2nnc3cc(CNC[C@H](O)c4ccc(O)c5[nH]c(=O)ccc45)c4c(c32)N2CCN4C2)CC1)C(O)(c1cccs1)c1cccs1. The summed E-state index contributed by atoms with van der Waals surface area (Å²) >= 11 is 2.70. The number of nitrogens with one attached hydrogen (secondary N) is 2. The minimum Gasteiger partial charge on any atom is -0.506 e. The average molecular weight is 783 g/mol. The lowest BCUT2D eigenvalue weighted by Crippen LogP contribution is -2.43. The first-order valence-electron chi connectivity index (χ1n) is 18.6. The number of aromatic hydroxyl groups is 1. The molecule has 6 aromatic rings. The summed E-state index contributed by atoms with van der Waals surface area (Å²) in [5, 5.41) is 49.9. The summed E-state index contributed by atoms with van der Waals surface area (Å²) in [4.78, 5) is 36.2. The van der Waals surface area contributed by atoms with Crippen LogP contribution in [0, 0.1) is 0 Å². The van der Waals surface area contributed by atoms with Gasteiger partial charge in [0, 0.05) is 57.3 Å². The fourth-order valence-corrected chi connectivity index (χ4v) is 10.0. The molecule has 3 aliphatic rings. The Hall–Kier alpha value is -4.84. The molecule has 2 fully saturated rings. The highest BCUT2D eigenvalue weighted by atomic mass is 32.1. The molecule has 2 saturated heterocycles. The van der Waals surface area contributed by atoms with Crippen LogP contribution in [0.5, 0.6) is 5.75 Å². The minimum atomic E-state index is -1.79. The van der Waals surface area contributed by atoms with Crippen LogP contribution in [0.2, 0.25) is 0 Å². The van der Waals surface area contributed by atoms with Crippen molar-refractivity contribution in [2.24, 2.45) is 0 Å². The Labute approximate surface area is 324 Å². The number of phenols is 1. The lowest BCUT2D eigenvalue weighted by molar-refractivity contribution is -0.169. The summed E-state index contributed by atoms with van der Waals surface area (Å²) in [6.07, 6.45) is 1.20. The number of aliphatic hydroxyl groups excluding tert-OH is 1. The van der Waals surface area contributed by atoms with Crippen LogP contribution in [0.15, 0.2) is 70.2 Å². The zero-order valence-corrected chi connectivity index (χ0v) is 31.7. The number of aliphatic hydroxyl groups is 2. The van der Waals surface area contributed by atoms with Gasteiger partial charge in [-0.1, -0.05) is 23.4 Å². The Morgan fingerprint density at radius 2 is 1.75 bits per heavy atom. The highest BCUT2D eigenvalue weighted by molar-refractivity contribution is 7.12. The zero-order valence-electron chi connectivity index (χ0n) is 30.1. The number of carbonyl (C=O) groups excluding carboxylic acids is 1. The first kappa shape index (κ1) is 35.8. The van der Waals surface area contributed by atoms with Gasteiger partial charge in [-0.15, -0.1) is 27.8 Å². The first-order valence-corrected chi connectivity index (χ1v) is 20.4. The van der Waals surface area contributed by atoms with Gasteiger partial charge in [-0.05, 0) is 78.0 Å². The minimum absolute atomic E-state index is 0.0388. The fourth-order valence-electron chi connectivity index (χ4n) is 8.29. The molecule has 0 aliphatic carbocycles. The number of benzene rings is 2. The average Bonchev–Trinajstić information content (AvgIpc) is 4.05. The summed E-state index contributed by atoms with van der Waals surface area (Å²) in [6, 6.07) is 15.5. The van der Waals surface area contributed by atoms with Crippen LogP contribution in [-0.4, -0.2) is 98.2 Å². The number of anilines is 2. The maximum absolute atomic E-state index is 13.4. The number of ether oxygens (including phenoxy) is 1. The lowest BCUT2D eigenvalue weighted by atomic mass is 9.99. The van der Waals surface area contributed by atoms with Crippen molar-refractivity contribution >= 4 is 62.0 Å². The Kier molecular flexibility index (Phi) is 9.56. The number of nitrogens with zero attached hydrogens (tertiary/aromatic N) is 6. The number of phenolic OH excluding ortho intramolecular Hbond substituents is 1. The summed E-state index contributed by atoms with van der Waals surface area (Å²) in [6.45, 7) is 6.71. The number of piperidine rings is 1. The van der Waals surface area contributed by atoms with Crippen LogP contribution in [0.25, 0.3) is 21.9 Å². The van der Waals surface area contributed by atoms with Gasteiger partial charge in [0.05, 0.1) is 39.4 Å². The van der Waals surface area contributed by atoms with Gasteiger partial charge in [-0.2, -0.15) is 0 Å². The molecule has 3 aliphatic heterocycles. The van der Waals surface area contributed by atoms with Crippen molar-refractivity contribution in [1.29, 1.82) is 0 Å². The predicted octanol–water partition coefficient (Wildman–Crippen LogP) is 3.86. The van der Waals surface area contributed by atoms with E-state index in [-0.39, 0.29) is 24.0 Å². The molecule has 0 spiro atoms. The lowest BCUT2D eigenvalue weighted by Gasteiger charge is -2.33. The number of hydrogen-bond donors (Lipinski definition) is 5. The molecule has 0 radical (unpaired) electrons. The number of rotatable bonds is 13. The van der Waals surface area contributed by atoms with Crippen molar-refractivity contribution < 1.29 is 24.9 Å². The van der Waals surface area contributed by atoms with Crippen molar-refractivity contribution in [3.05, 3.63) is 96.6 Å². The number of carbonyl (C=O) groups is 1. The molecular weight excluding hydrogens is 741 g/mol. The molecule has 2 bridgehead atoms. The van der Waals surface area contributed by atoms with E-state index in [2.05, 4.69) is 41.4 Å². The van der Waals surface area contributed by atoms with E-state index in [0.29, 0.717) is 45.6 Å². The summed E-state index contributed by atoms with van der Waals surface area (Å²) in [5.41, 5.74) is 4.14. The maximum Gasteiger partial charge on any atom is 0.349 e. The van der Waals surface area contributed by atoms with Gasteiger partial charge in [-0.3, -0.25) is 4.79 Å². The van der Waals surface area contributed by atoms with E-state index in [9.17, 15) is 24.9 Å². The second-order valence-corrected chi connectivity index (χ2v) is 16.4. The molecule has 7 heterocycles. The smallest absolute Gasteiger partial charge is 0.349 e. The molecular formula is C39H42N8O6S2. The Balaban J connectivity index is 0.821. The number of fused-ring (bicyclic) bond motifs is 8. The van der Waals surface area contributed by atoms with Crippen molar-refractivity contribution in [2.75, 3.05) is 55.7 Å². The van der Waals surface area contributed by atoms with Gasteiger partial charge in [0.15, 0.2) is 0 Å². The van der Waals surface area contributed by atoms with Crippen LogP contribution in [0.1, 0.15) is 46.2 Å². The van der Waals surface area contributed by atoms with E-state index in [0.717, 1.165) is 74.6 Å². The maximum atomic E-state index is 13.4. The number of thiophene rings is 2. The standard InChI is InChI=1S/C39H42N8O6S2/c48-29-8-6-26(27-7-9-33(50)41-34(27)29)30(49)22-40-21-24-20-28-36(37-35(24)45-16-17-46(37)23-45)47(43-42-28)13-3-12-44-14-10-25(11-15-44)53-38(51)39(52,31-4-1-18-54-31)32-5-2-19-55-32/h1-2,4-9,18-20,25,30,40,48-49,52H,3,10-17,21-23H2,(H,41,50)/t30-/m0/s1. The van der Waals surface area contributed by atoms with E-state index in [1.807, 2.05) is 27.6 Å². The third-order valence-electron chi connectivity index (χ3n) is 11.1. The molecule has 14 nitrogen and oxygen atoms in total. The quantitative estimate of drug-likeness (QED) is 0.107. The molecule has 55 heavy (non-hydrogen) atoms.